The number of aromatic nitrogens is 2. The SMILES string of the molecule is CC(Nc1ccc2nccnc2c1)c1ccc(F)c(Br)c1. The van der Waals surface area contributed by atoms with Gasteiger partial charge in [-0.1, -0.05) is 6.07 Å². The van der Waals surface area contributed by atoms with Crippen LogP contribution < -0.4 is 5.32 Å². The molecule has 0 aliphatic rings. The highest BCUT2D eigenvalue weighted by atomic mass is 79.9. The zero-order valence-electron chi connectivity index (χ0n) is 11.3. The highest BCUT2D eigenvalue weighted by Crippen LogP contribution is 2.25. The summed E-state index contributed by atoms with van der Waals surface area (Å²) in [7, 11) is 0. The summed E-state index contributed by atoms with van der Waals surface area (Å²) in [6, 6.07) is 10.9. The first-order valence-corrected chi connectivity index (χ1v) is 7.35. The average Bonchev–Trinajstić information content (AvgIpc) is 2.50. The van der Waals surface area contributed by atoms with E-state index in [2.05, 4.69) is 31.2 Å². The van der Waals surface area contributed by atoms with E-state index in [1.807, 2.05) is 25.1 Å². The van der Waals surface area contributed by atoms with E-state index in [4.69, 9.17) is 0 Å². The number of halogens is 2. The van der Waals surface area contributed by atoms with Gasteiger partial charge in [0, 0.05) is 24.1 Å². The number of nitrogens with zero attached hydrogens (tertiary/aromatic N) is 2. The maximum Gasteiger partial charge on any atom is 0.137 e. The lowest BCUT2D eigenvalue weighted by Crippen LogP contribution is -2.06. The summed E-state index contributed by atoms with van der Waals surface area (Å²) in [5.74, 6) is -0.257. The summed E-state index contributed by atoms with van der Waals surface area (Å²) in [6.45, 7) is 2.03. The third-order valence-corrected chi connectivity index (χ3v) is 3.90. The van der Waals surface area contributed by atoms with Crippen LogP contribution in [0, 0.1) is 5.82 Å². The van der Waals surface area contributed by atoms with E-state index in [9.17, 15) is 4.39 Å². The molecule has 0 aliphatic carbocycles. The molecule has 106 valence electrons. The Morgan fingerprint density at radius 2 is 1.81 bits per heavy atom. The van der Waals surface area contributed by atoms with Crippen molar-refractivity contribution in [3.63, 3.8) is 0 Å². The van der Waals surface area contributed by atoms with Crippen molar-refractivity contribution < 1.29 is 4.39 Å². The van der Waals surface area contributed by atoms with Crippen LogP contribution in [-0.4, -0.2) is 9.97 Å². The monoisotopic (exact) mass is 345 g/mol. The largest absolute Gasteiger partial charge is 0.378 e. The van der Waals surface area contributed by atoms with Crippen LogP contribution in [0.15, 0.2) is 53.3 Å². The van der Waals surface area contributed by atoms with Crippen LogP contribution in [0.2, 0.25) is 0 Å². The second kappa shape index (κ2) is 5.77. The third-order valence-electron chi connectivity index (χ3n) is 3.30. The van der Waals surface area contributed by atoms with Crippen LogP contribution in [-0.2, 0) is 0 Å². The number of benzene rings is 2. The molecule has 0 spiro atoms. The lowest BCUT2D eigenvalue weighted by atomic mass is 10.1. The molecule has 0 amide bonds. The van der Waals surface area contributed by atoms with Crippen LogP contribution in [0.4, 0.5) is 10.1 Å². The summed E-state index contributed by atoms with van der Waals surface area (Å²) < 4.78 is 13.8. The van der Waals surface area contributed by atoms with Gasteiger partial charge in [0.1, 0.15) is 5.82 Å². The Hall–Kier alpha value is -2.01. The first-order chi connectivity index (χ1) is 10.1. The molecule has 21 heavy (non-hydrogen) atoms. The van der Waals surface area contributed by atoms with Gasteiger partial charge in [0.2, 0.25) is 0 Å². The molecule has 1 unspecified atom stereocenters. The zero-order valence-corrected chi connectivity index (χ0v) is 12.9. The minimum absolute atomic E-state index is 0.0519. The molecular weight excluding hydrogens is 333 g/mol. The number of anilines is 1. The number of hydrogen-bond donors (Lipinski definition) is 1. The molecule has 1 aromatic heterocycles. The standard InChI is InChI=1S/C16H13BrFN3/c1-10(11-2-4-14(18)13(17)8-11)21-12-3-5-15-16(9-12)20-7-6-19-15/h2-10,21H,1H3. The second-order valence-electron chi connectivity index (χ2n) is 4.80. The van der Waals surface area contributed by atoms with Crippen LogP contribution in [0.5, 0.6) is 0 Å². The second-order valence-corrected chi connectivity index (χ2v) is 5.65. The van der Waals surface area contributed by atoms with Crippen molar-refractivity contribution in [3.05, 3.63) is 64.6 Å². The Bertz CT molecular complexity index is 791. The van der Waals surface area contributed by atoms with E-state index < -0.39 is 0 Å². The summed E-state index contributed by atoms with van der Waals surface area (Å²) >= 11 is 3.21. The summed E-state index contributed by atoms with van der Waals surface area (Å²) in [5.41, 5.74) is 3.66. The van der Waals surface area contributed by atoms with Gasteiger partial charge in [-0.05, 0) is 58.7 Å². The minimum atomic E-state index is -0.257. The number of rotatable bonds is 3. The molecule has 3 rings (SSSR count). The van der Waals surface area contributed by atoms with E-state index in [0.717, 1.165) is 22.3 Å². The Morgan fingerprint density at radius 1 is 1.05 bits per heavy atom. The van der Waals surface area contributed by atoms with E-state index >= 15 is 0 Å². The fourth-order valence-electron chi connectivity index (χ4n) is 2.17. The third kappa shape index (κ3) is 3.03. The Morgan fingerprint density at radius 3 is 2.57 bits per heavy atom. The van der Waals surface area contributed by atoms with Crippen molar-refractivity contribution in [2.24, 2.45) is 0 Å². The van der Waals surface area contributed by atoms with Gasteiger partial charge in [0.25, 0.3) is 0 Å². The average molecular weight is 346 g/mol. The number of nitrogens with one attached hydrogen (secondary N) is 1. The van der Waals surface area contributed by atoms with Crippen molar-refractivity contribution in [1.82, 2.24) is 9.97 Å². The normalized spacial score (nSPS) is 12.3. The van der Waals surface area contributed by atoms with Crippen molar-refractivity contribution in [2.45, 2.75) is 13.0 Å². The fourth-order valence-corrected chi connectivity index (χ4v) is 2.56. The maximum atomic E-state index is 13.3. The van der Waals surface area contributed by atoms with Crippen LogP contribution in [0.25, 0.3) is 11.0 Å². The van der Waals surface area contributed by atoms with Gasteiger partial charge in [0.15, 0.2) is 0 Å². The smallest absolute Gasteiger partial charge is 0.137 e. The zero-order chi connectivity index (χ0) is 14.8. The van der Waals surface area contributed by atoms with Crippen molar-refractivity contribution in [1.29, 1.82) is 0 Å². The topological polar surface area (TPSA) is 37.8 Å². The first-order valence-electron chi connectivity index (χ1n) is 6.56. The Kier molecular flexibility index (Phi) is 3.84. The van der Waals surface area contributed by atoms with Gasteiger partial charge in [0.05, 0.1) is 15.5 Å². The van der Waals surface area contributed by atoms with E-state index in [1.165, 1.54) is 6.07 Å². The van der Waals surface area contributed by atoms with Crippen molar-refractivity contribution in [2.75, 3.05) is 5.32 Å². The number of fused-ring (bicyclic) bond motifs is 1. The van der Waals surface area contributed by atoms with Gasteiger partial charge in [-0.2, -0.15) is 0 Å². The lowest BCUT2D eigenvalue weighted by Gasteiger charge is -2.16. The predicted molar refractivity (Wildman–Crippen MR) is 85.7 cm³/mol. The summed E-state index contributed by atoms with van der Waals surface area (Å²) in [4.78, 5) is 8.53. The molecule has 2 aromatic carbocycles. The van der Waals surface area contributed by atoms with Gasteiger partial charge >= 0.3 is 0 Å². The van der Waals surface area contributed by atoms with Gasteiger partial charge in [-0.15, -0.1) is 0 Å². The lowest BCUT2D eigenvalue weighted by molar-refractivity contribution is 0.619. The quantitative estimate of drug-likeness (QED) is 0.747. The predicted octanol–water partition coefficient (Wildman–Crippen LogP) is 4.70. The van der Waals surface area contributed by atoms with E-state index in [1.54, 1.807) is 24.5 Å². The fraction of sp³-hybridized carbons (Fsp3) is 0.125. The summed E-state index contributed by atoms with van der Waals surface area (Å²) in [5, 5.41) is 3.39. The van der Waals surface area contributed by atoms with Crippen molar-refractivity contribution >= 4 is 32.7 Å². The van der Waals surface area contributed by atoms with Crippen LogP contribution in [0.1, 0.15) is 18.5 Å². The van der Waals surface area contributed by atoms with Gasteiger partial charge in [-0.25, -0.2) is 4.39 Å². The molecule has 3 nitrogen and oxygen atoms in total. The molecule has 5 heteroatoms. The molecular formula is C16H13BrFN3. The van der Waals surface area contributed by atoms with Gasteiger partial charge < -0.3 is 5.32 Å². The van der Waals surface area contributed by atoms with Crippen LogP contribution in [0.3, 0.4) is 0 Å². The molecule has 0 radical (unpaired) electrons. The number of hydrogen-bond acceptors (Lipinski definition) is 3. The van der Waals surface area contributed by atoms with E-state index in [0.29, 0.717) is 4.47 Å². The maximum absolute atomic E-state index is 13.3. The molecule has 0 saturated heterocycles. The molecule has 1 N–H and O–H groups in total. The highest BCUT2D eigenvalue weighted by molar-refractivity contribution is 9.10. The molecule has 0 saturated carbocycles. The molecule has 0 fully saturated rings. The molecule has 0 aliphatic heterocycles. The van der Waals surface area contributed by atoms with Crippen molar-refractivity contribution in [3.8, 4) is 0 Å². The van der Waals surface area contributed by atoms with Gasteiger partial charge in [-0.3, -0.25) is 9.97 Å². The minimum Gasteiger partial charge on any atom is -0.378 e. The van der Waals surface area contributed by atoms with E-state index in [-0.39, 0.29) is 11.9 Å². The molecule has 3 aromatic rings. The van der Waals surface area contributed by atoms with Crippen LogP contribution >= 0.6 is 15.9 Å². The molecule has 0 bridgehead atoms. The Labute approximate surface area is 130 Å². The molecule has 1 atom stereocenters. The first kappa shape index (κ1) is 13.9. The summed E-state index contributed by atoms with van der Waals surface area (Å²) in [6.07, 6.45) is 3.35. The molecule has 1 heterocycles. The Balaban J connectivity index is 1.85. The highest BCUT2D eigenvalue weighted by Gasteiger charge is 2.08.